The predicted octanol–water partition coefficient (Wildman–Crippen LogP) is 4.10. The lowest BCUT2D eigenvalue weighted by Crippen LogP contribution is -2.65. The van der Waals surface area contributed by atoms with E-state index >= 15 is 0 Å². The Morgan fingerprint density at radius 3 is 2.30 bits per heavy atom. The van der Waals surface area contributed by atoms with Crippen LogP contribution in [0.5, 0.6) is 0 Å². The third-order valence-corrected chi connectivity index (χ3v) is 7.52. The van der Waals surface area contributed by atoms with Gasteiger partial charge in [0.05, 0.1) is 5.60 Å². The lowest BCUT2D eigenvalue weighted by molar-refractivity contribution is -0.240. The molecule has 128 valence electrons. The molecule has 2 saturated carbocycles. The van der Waals surface area contributed by atoms with E-state index in [-0.39, 0.29) is 28.1 Å². The van der Waals surface area contributed by atoms with E-state index in [1.54, 1.807) is 6.08 Å². The Kier molecular flexibility index (Phi) is 3.51. The van der Waals surface area contributed by atoms with Crippen molar-refractivity contribution >= 4 is 11.6 Å². The van der Waals surface area contributed by atoms with Gasteiger partial charge in [-0.1, -0.05) is 33.4 Å². The molecule has 5 atom stereocenters. The minimum atomic E-state index is -0.867. The van der Waals surface area contributed by atoms with Crippen LogP contribution in [-0.2, 0) is 14.3 Å². The zero-order valence-electron chi connectivity index (χ0n) is 15.2. The van der Waals surface area contributed by atoms with Crippen molar-refractivity contribution in [3.8, 4) is 0 Å². The van der Waals surface area contributed by atoms with Crippen LogP contribution in [0.4, 0.5) is 0 Å². The standard InChI is InChI=1S/C20H30O3/c1-7-19(5)16(22)12-14-18(4)10-9-15(21)17(2,3)13(18)8-11-20(14,6)23-19/h7,13-14H,1,8-12H2,2-6H3/t13-,14+,18-,19+,20+/m1/s1. The number of fused-ring (bicyclic) bond motifs is 3. The highest BCUT2D eigenvalue weighted by Gasteiger charge is 2.64. The van der Waals surface area contributed by atoms with Crippen LogP contribution < -0.4 is 0 Å². The molecule has 0 aromatic carbocycles. The van der Waals surface area contributed by atoms with Gasteiger partial charge in [0.25, 0.3) is 0 Å². The number of carbonyl (C=O) groups excluding carboxylic acids is 2. The fourth-order valence-corrected chi connectivity index (χ4v) is 5.96. The Morgan fingerprint density at radius 1 is 1.04 bits per heavy atom. The molecule has 3 fully saturated rings. The van der Waals surface area contributed by atoms with E-state index < -0.39 is 5.60 Å². The quantitative estimate of drug-likeness (QED) is 0.684. The fraction of sp³-hybridized carbons (Fsp3) is 0.800. The molecule has 1 aliphatic heterocycles. The van der Waals surface area contributed by atoms with Crippen LogP contribution in [0.15, 0.2) is 12.7 Å². The van der Waals surface area contributed by atoms with Gasteiger partial charge in [0.2, 0.25) is 0 Å². The van der Waals surface area contributed by atoms with E-state index in [2.05, 4.69) is 34.3 Å². The summed E-state index contributed by atoms with van der Waals surface area (Å²) >= 11 is 0. The molecule has 1 saturated heterocycles. The van der Waals surface area contributed by atoms with Gasteiger partial charge in [-0.15, -0.1) is 0 Å². The SMILES string of the molecule is C=C[C@]1(C)O[C@@]2(C)CC[C@@H]3C(C)(C)C(=O)CC[C@@]3(C)[C@@H]2CC1=O. The highest BCUT2D eigenvalue weighted by Crippen LogP contribution is 2.64. The topological polar surface area (TPSA) is 43.4 Å². The first kappa shape index (κ1) is 16.9. The zero-order valence-corrected chi connectivity index (χ0v) is 15.2. The molecule has 3 heteroatoms. The van der Waals surface area contributed by atoms with Crippen LogP contribution in [0.25, 0.3) is 0 Å². The molecule has 2 aliphatic carbocycles. The van der Waals surface area contributed by atoms with Gasteiger partial charge in [-0.2, -0.15) is 0 Å². The largest absolute Gasteiger partial charge is 0.357 e. The van der Waals surface area contributed by atoms with Crippen molar-refractivity contribution in [2.45, 2.75) is 77.9 Å². The second-order valence-electron chi connectivity index (χ2n) is 9.15. The maximum absolute atomic E-state index is 12.7. The summed E-state index contributed by atoms with van der Waals surface area (Å²) in [4.78, 5) is 25.2. The number of carbonyl (C=O) groups is 2. The van der Waals surface area contributed by atoms with Crippen molar-refractivity contribution in [3.05, 3.63) is 12.7 Å². The molecule has 0 bridgehead atoms. The first-order chi connectivity index (χ1) is 10.5. The lowest BCUT2D eigenvalue weighted by atomic mass is 9.44. The maximum Gasteiger partial charge on any atom is 0.168 e. The number of Topliss-reactive ketones (excluding diaryl/α,β-unsaturated/α-hetero) is 2. The van der Waals surface area contributed by atoms with E-state index in [1.807, 2.05) is 6.92 Å². The molecule has 1 heterocycles. The second kappa shape index (κ2) is 4.78. The van der Waals surface area contributed by atoms with Crippen molar-refractivity contribution in [1.29, 1.82) is 0 Å². The molecule has 3 nitrogen and oxygen atoms in total. The van der Waals surface area contributed by atoms with Gasteiger partial charge in [-0.25, -0.2) is 0 Å². The summed E-state index contributed by atoms with van der Waals surface area (Å²) in [6.45, 7) is 14.3. The molecular formula is C20H30O3. The molecule has 0 unspecified atom stereocenters. The first-order valence-electron chi connectivity index (χ1n) is 8.90. The molecule has 0 spiro atoms. The van der Waals surface area contributed by atoms with E-state index in [9.17, 15) is 9.59 Å². The number of rotatable bonds is 1. The van der Waals surface area contributed by atoms with Crippen molar-refractivity contribution in [1.82, 2.24) is 0 Å². The summed E-state index contributed by atoms with van der Waals surface area (Å²) in [6, 6.07) is 0. The van der Waals surface area contributed by atoms with Crippen LogP contribution in [0, 0.1) is 22.7 Å². The summed E-state index contributed by atoms with van der Waals surface area (Å²) in [5.41, 5.74) is -1.48. The minimum Gasteiger partial charge on any atom is -0.357 e. The second-order valence-corrected chi connectivity index (χ2v) is 9.15. The number of ketones is 2. The van der Waals surface area contributed by atoms with Crippen LogP contribution in [0.3, 0.4) is 0 Å². The van der Waals surface area contributed by atoms with Crippen molar-refractivity contribution in [2.24, 2.45) is 22.7 Å². The molecular weight excluding hydrogens is 288 g/mol. The zero-order chi connectivity index (χ0) is 17.3. The Bertz CT molecular complexity index is 577. The average Bonchev–Trinajstić information content (AvgIpc) is 2.46. The van der Waals surface area contributed by atoms with Crippen molar-refractivity contribution in [3.63, 3.8) is 0 Å². The number of hydrogen-bond acceptors (Lipinski definition) is 3. The van der Waals surface area contributed by atoms with Gasteiger partial charge in [0.15, 0.2) is 5.78 Å². The Balaban J connectivity index is 2.02. The molecule has 0 N–H and O–H groups in total. The van der Waals surface area contributed by atoms with Crippen LogP contribution >= 0.6 is 0 Å². The molecule has 0 amide bonds. The molecule has 0 aromatic heterocycles. The monoisotopic (exact) mass is 318 g/mol. The number of hydrogen-bond donors (Lipinski definition) is 0. The van der Waals surface area contributed by atoms with Gasteiger partial charge < -0.3 is 4.74 Å². The minimum absolute atomic E-state index is 0.0113. The van der Waals surface area contributed by atoms with Crippen LogP contribution in [0.2, 0.25) is 0 Å². The van der Waals surface area contributed by atoms with E-state index in [1.165, 1.54) is 0 Å². The third kappa shape index (κ3) is 2.12. The summed E-state index contributed by atoms with van der Waals surface area (Å²) in [6.07, 6.45) is 5.59. The van der Waals surface area contributed by atoms with Crippen LogP contribution in [-0.4, -0.2) is 22.8 Å². The molecule has 23 heavy (non-hydrogen) atoms. The van der Waals surface area contributed by atoms with E-state index in [4.69, 9.17) is 4.74 Å². The molecule has 0 radical (unpaired) electrons. The fourth-order valence-electron chi connectivity index (χ4n) is 5.96. The van der Waals surface area contributed by atoms with Crippen LogP contribution in [0.1, 0.15) is 66.7 Å². The molecule has 3 aliphatic rings. The molecule has 0 aromatic rings. The lowest BCUT2D eigenvalue weighted by Gasteiger charge is -2.64. The predicted molar refractivity (Wildman–Crippen MR) is 90.1 cm³/mol. The first-order valence-corrected chi connectivity index (χ1v) is 8.90. The Labute approximate surface area is 139 Å². The van der Waals surface area contributed by atoms with Crippen molar-refractivity contribution < 1.29 is 14.3 Å². The third-order valence-electron chi connectivity index (χ3n) is 7.52. The summed E-state index contributed by atoms with van der Waals surface area (Å²) < 4.78 is 6.38. The van der Waals surface area contributed by atoms with Crippen molar-refractivity contribution in [2.75, 3.05) is 0 Å². The highest BCUT2D eigenvalue weighted by atomic mass is 16.5. The Hall–Kier alpha value is -0.960. The van der Waals surface area contributed by atoms with Gasteiger partial charge >= 0.3 is 0 Å². The maximum atomic E-state index is 12.7. The van der Waals surface area contributed by atoms with Gasteiger partial charge in [-0.05, 0) is 44.4 Å². The van der Waals surface area contributed by atoms with E-state index in [0.717, 1.165) is 19.3 Å². The highest BCUT2D eigenvalue weighted by molar-refractivity contribution is 5.90. The van der Waals surface area contributed by atoms with Gasteiger partial charge in [0.1, 0.15) is 11.4 Å². The summed E-state index contributed by atoms with van der Waals surface area (Å²) in [5, 5.41) is 0. The van der Waals surface area contributed by atoms with Gasteiger partial charge in [-0.3, -0.25) is 9.59 Å². The Morgan fingerprint density at radius 2 is 1.70 bits per heavy atom. The normalized spacial score (nSPS) is 49.3. The summed E-state index contributed by atoms with van der Waals surface area (Å²) in [7, 11) is 0. The average molecular weight is 318 g/mol. The summed E-state index contributed by atoms with van der Waals surface area (Å²) in [5.74, 6) is 1.02. The number of ether oxygens (including phenoxy) is 1. The van der Waals surface area contributed by atoms with Gasteiger partial charge in [0, 0.05) is 24.2 Å². The smallest absolute Gasteiger partial charge is 0.168 e. The molecule has 3 rings (SSSR count). The van der Waals surface area contributed by atoms with E-state index in [0.29, 0.717) is 24.5 Å².